The summed E-state index contributed by atoms with van der Waals surface area (Å²) in [5.74, 6) is 0. The summed E-state index contributed by atoms with van der Waals surface area (Å²) in [4.78, 5) is 2.44. The highest BCUT2D eigenvalue weighted by molar-refractivity contribution is 6.14. The van der Waals surface area contributed by atoms with Crippen LogP contribution in [-0.2, 0) is 0 Å². The lowest BCUT2D eigenvalue weighted by Crippen LogP contribution is -2.28. The molecule has 2 aromatic heterocycles. The van der Waals surface area contributed by atoms with E-state index >= 15 is 0 Å². The molecular weight excluding hydrogens is 558 g/mol. The summed E-state index contributed by atoms with van der Waals surface area (Å²) < 4.78 is 4.92. The normalized spacial score (nSPS) is 13.8. The number of benzene rings is 6. The molecule has 6 aromatic carbocycles. The van der Waals surface area contributed by atoms with Gasteiger partial charge in [0.05, 0.1) is 50.5 Å². The zero-order valence-corrected chi connectivity index (χ0v) is 25.6. The molecule has 1 aliphatic rings. The number of hydrogen-bond acceptors (Lipinski definition) is 1. The number of fused-ring (bicyclic) bond motifs is 7. The predicted molar refractivity (Wildman–Crippen MR) is 196 cm³/mol. The SMILES string of the molecule is C=C/C=C\C=C1\c2ccccc2N1c1c(-n2c3ccccc3c3ccccc32)cc(C)cc1-n1c2ccccc2c2ccccc21. The summed E-state index contributed by atoms with van der Waals surface area (Å²) in [7, 11) is 0. The zero-order chi connectivity index (χ0) is 30.8. The molecule has 3 heteroatoms. The minimum absolute atomic E-state index is 1.14. The van der Waals surface area contributed by atoms with Crippen molar-refractivity contribution in [1.29, 1.82) is 0 Å². The number of aryl methyl sites for hydroxylation is 1. The fourth-order valence-electron chi connectivity index (χ4n) is 7.39. The van der Waals surface area contributed by atoms with Gasteiger partial charge in [0, 0.05) is 27.1 Å². The number of allylic oxidation sites excluding steroid dienone is 4. The average Bonchev–Trinajstić information content (AvgIpc) is 3.61. The van der Waals surface area contributed by atoms with Crippen molar-refractivity contribution < 1.29 is 0 Å². The van der Waals surface area contributed by atoms with Gasteiger partial charge in [-0.1, -0.05) is 116 Å². The highest BCUT2D eigenvalue weighted by atomic mass is 15.2. The molecule has 3 nitrogen and oxygen atoms in total. The maximum absolute atomic E-state index is 3.91. The molecule has 0 amide bonds. The molecule has 46 heavy (non-hydrogen) atoms. The van der Waals surface area contributed by atoms with Gasteiger partial charge in [0.25, 0.3) is 0 Å². The molecule has 0 saturated heterocycles. The standard InChI is InChI=1S/C43H31N3/c1-3-4-5-21-39-34-20-10-15-26-40(34)46(39)43-41(44-35-22-11-6-16-30(35)31-17-7-12-23-36(31)44)27-29(2)28-42(43)45-37-24-13-8-18-32(37)33-19-9-14-25-38(33)45/h3-28H,1H2,2H3/b5-4-,39-21-. The Hall–Kier alpha value is -6.06. The first kappa shape index (κ1) is 26.4. The minimum atomic E-state index is 1.14. The van der Waals surface area contributed by atoms with Crippen LogP contribution >= 0.6 is 0 Å². The van der Waals surface area contributed by atoms with Crippen molar-refractivity contribution in [2.24, 2.45) is 0 Å². The number of nitrogens with zero attached hydrogens (tertiary/aromatic N) is 3. The number of aromatic nitrogens is 2. The van der Waals surface area contributed by atoms with E-state index in [4.69, 9.17) is 0 Å². The third kappa shape index (κ3) is 3.72. The molecule has 0 saturated carbocycles. The molecule has 0 fully saturated rings. The van der Waals surface area contributed by atoms with Gasteiger partial charge in [-0.3, -0.25) is 0 Å². The quantitative estimate of drug-likeness (QED) is 0.182. The first-order chi connectivity index (χ1) is 22.7. The van der Waals surface area contributed by atoms with Crippen LogP contribution < -0.4 is 4.90 Å². The van der Waals surface area contributed by atoms with Gasteiger partial charge in [-0.25, -0.2) is 0 Å². The molecule has 1 aliphatic heterocycles. The van der Waals surface area contributed by atoms with E-state index in [1.807, 2.05) is 12.2 Å². The maximum Gasteiger partial charge on any atom is 0.0947 e. The summed E-state index contributed by atoms with van der Waals surface area (Å²) in [6.07, 6.45) is 8.10. The van der Waals surface area contributed by atoms with Crippen molar-refractivity contribution in [3.05, 3.63) is 175 Å². The van der Waals surface area contributed by atoms with E-state index in [0.717, 1.165) is 22.8 Å². The molecule has 0 N–H and O–H groups in total. The lowest BCUT2D eigenvalue weighted by Gasteiger charge is -2.41. The molecule has 8 aromatic rings. The second-order valence-corrected chi connectivity index (χ2v) is 11.9. The number of para-hydroxylation sites is 5. The van der Waals surface area contributed by atoms with E-state index in [1.54, 1.807) is 0 Å². The first-order valence-electron chi connectivity index (χ1n) is 15.8. The largest absolute Gasteiger partial charge is 0.307 e. The molecule has 0 bridgehead atoms. The Kier molecular flexibility index (Phi) is 5.87. The van der Waals surface area contributed by atoms with Gasteiger partial charge in [0.2, 0.25) is 0 Å². The predicted octanol–water partition coefficient (Wildman–Crippen LogP) is 11.4. The Balaban J connectivity index is 1.48. The third-order valence-electron chi connectivity index (χ3n) is 9.24. The summed E-state index contributed by atoms with van der Waals surface area (Å²) >= 11 is 0. The first-order valence-corrected chi connectivity index (χ1v) is 15.8. The summed E-state index contributed by atoms with van der Waals surface area (Å²) in [5, 5.41) is 4.99. The summed E-state index contributed by atoms with van der Waals surface area (Å²) in [6, 6.07) is 48.5. The Bertz CT molecular complexity index is 2330. The molecule has 3 heterocycles. The fourth-order valence-corrected chi connectivity index (χ4v) is 7.39. The van der Waals surface area contributed by atoms with Crippen LogP contribution in [0, 0.1) is 6.92 Å². The zero-order valence-electron chi connectivity index (χ0n) is 25.6. The van der Waals surface area contributed by atoms with Gasteiger partial charge in [0.1, 0.15) is 0 Å². The number of rotatable bonds is 5. The molecule has 0 spiro atoms. The Morgan fingerprint density at radius 2 is 0.935 bits per heavy atom. The number of anilines is 2. The van der Waals surface area contributed by atoms with Gasteiger partial charge in [0.15, 0.2) is 0 Å². The molecule has 0 aliphatic carbocycles. The minimum Gasteiger partial charge on any atom is -0.307 e. The van der Waals surface area contributed by atoms with E-state index in [0.29, 0.717) is 0 Å². The third-order valence-corrected chi connectivity index (χ3v) is 9.24. The summed E-state index contributed by atoms with van der Waals surface area (Å²) in [6.45, 7) is 6.12. The van der Waals surface area contributed by atoms with E-state index in [-0.39, 0.29) is 0 Å². The van der Waals surface area contributed by atoms with Crippen molar-refractivity contribution in [2.45, 2.75) is 6.92 Å². The van der Waals surface area contributed by atoms with E-state index < -0.39 is 0 Å². The smallest absolute Gasteiger partial charge is 0.0947 e. The maximum atomic E-state index is 3.91. The number of hydrogen-bond donors (Lipinski definition) is 0. The molecule has 218 valence electrons. The average molecular weight is 590 g/mol. The van der Waals surface area contributed by atoms with Crippen LogP contribution in [0.2, 0.25) is 0 Å². The van der Waals surface area contributed by atoms with Gasteiger partial charge < -0.3 is 14.0 Å². The van der Waals surface area contributed by atoms with E-state index in [9.17, 15) is 0 Å². The van der Waals surface area contributed by atoms with Gasteiger partial charge >= 0.3 is 0 Å². The van der Waals surface area contributed by atoms with Gasteiger partial charge in [-0.05, 0) is 61.0 Å². The topological polar surface area (TPSA) is 13.1 Å². The lowest BCUT2D eigenvalue weighted by molar-refractivity contribution is 1.08. The molecule has 0 atom stereocenters. The lowest BCUT2D eigenvalue weighted by atomic mass is 9.95. The van der Waals surface area contributed by atoms with Crippen molar-refractivity contribution in [2.75, 3.05) is 4.90 Å². The van der Waals surface area contributed by atoms with Crippen LogP contribution in [0.15, 0.2) is 164 Å². The Labute approximate surface area is 267 Å². The Morgan fingerprint density at radius 3 is 1.41 bits per heavy atom. The van der Waals surface area contributed by atoms with E-state index in [1.165, 1.54) is 60.4 Å². The van der Waals surface area contributed by atoms with Crippen LogP contribution in [0.5, 0.6) is 0 Å². The Morgan fingerprint density at radius 1 is 0.500 bits per heavy atom. The highest BCUT2D eigenvalue weighted by Gasteiger charge is 2.35. The second-order valence-electron chi connectivity index (χ2n) is 11.9. The van der Waals surface area contributed by atoms with Crippen molar-refractivity contribution in [1.82, 2.24) is 9.13 Å². The van der Waals surface area contributed by atoms with E-state index in [2.05, 4.69) is 173 Å². The monoisotopic (exact) mass is 589 g/mol. The van der Waals surface area contributed by atoms with Crippen LogP contribution in [0.1, 0.15) is 11.1 Å². The van der Waals surface area contributed by atoms with Crippen LogP contribution in [0.25, 0.3) is 60.7 Å². The van der Waals surface area contributed by atoms with Crippen LogP contribution in [-0.4, -0.2) is 9.13 Å². The van der Waals surface area contributed by atoms with Gasteiger partial charge in [-0.2, -0.15) is 0 Å². The van der Waals surface area contributed by atoms with Crippen molar-refractivity contribution >= 4 is 60.7 Å². The second kappa shape index (κ2) is 10.3. The highest BCUT2D eigenvalue weighted by Crippen LogP contribution is 2.53. The van der Waals surface area contributed by atoms with Crippen LogP contribution in [0.4, 0.5) is 11.4 Å². The molecule has 9 rings (SSSR count). The van der Waals surface area contributed by atoms with Crippen LogP contribution in [0.3, 0.4) is 0 Å². The van der Waals surface area contributed by atoms with Crippen molar-refractivity contribution in [3.63, 3.8) is 0 Å². The van der Waals surface area contributed by atoms with Crippen molar-refractivity contribution in [3.8, 4) is 11.4 Å². The summed E-state index contributed by atoms with van der Waals surface area (Å²) in [5.41, 5.74) is 13.0. The molecule has 0 unspecified atom stereocenters. The molecule has 0 radical (unpaired) electrons. The molecular formula is C43H31N3. The fraction of sp³-hybridized carbons (Fsp3) is 0.0233. The van der Waals surface area contributed by atoms with Gasteiger partial charge in [-0.15, -0.1) is 0 Å².